The maximum atomic E-state index is 13.2. The van der Waals surface area contributed by atoms with Crippen LogP contribution in [0.1, 0.15) is 34.3 Å². The number of hydrogen-bond donors (Lipinski definition) is 1. The number of nitrogens with one attached hydrogen (secondary N) is 1. The summed E-state index contributed by atoms with van der Waals surface area (Å²) in [5.41, 5.74) is 3.16. The van der Waals surface area contributed by atoms with Gasteiger partial charge in [-0.05, 0) is 54.8 Å². The van der Waals surface area contributed by atoms with Crippen molar-refractivity contribution in [1.82, 2.24) is 10.3 Å². The predicted molar refractivity (Wildman–Crippen MR) is 120 cm³/mol. The van der Waals surface area contributed by atoms with Crippen LogP contribution in [0.25, 0.3) is 0 Å². The Balaban J connectivity index is 1.44. The second kappa shape index (κ2) is 9.18. The van der Waals surface area contributed by atoms with Crippen molar-refractivity contribution in [3.8, 4) is 11.6 Å². The number of rotatable bonds is 6. The first kappa shape index (κ1) is 20.9. The minimum Gasteiger partial charge on any atom is -0.436 e. The third-order valence-electron chi connectivity index (χ3n) is 5.19. The molecule has 158 valence electrons. The molecular formula is C24H22ClN3O3. The Morgan fingerprint density at radius 2 is 2.00 bits per heavy atom. The number of amides is 2. The zero-order valence-corrected chi connectivity index (χ0v) is 17.9. The highest BCUT2D eigenvalue weighted by Crippen LogP contribution is 2.39. The number of aromatic nitrogens is 1. The fourth-order valence-electron chi connectivity index (χ4n) is 3.49. The number of ether oxygens (including phenoxy) is 1. The van der Waals surface area contributed by atoms with Gasteiger partial charge >= 0.3 is 0 Å². The summed E-state index contributed by atoms with van der Waals surface area (Å²) in [6.07, 6.45) is 2.37. The van der Waals surface area contributed by atoms with Crippen LogP contribution in [0, 0.1) is 6.92 Å². The van der Waals surface area contributed by atoms with E-state index >= 15 is 0 Å². The molecule has 2 aromatic carbocycles. The van der Waals surface area contributed by atoms with E-state index in [1.807, 2.05) is 31.2 Å². The minimum atomic E-state index is -0.232. The quantitative estimate of drug-likeness (QED) is 0.598. The van der Waals surface area contributed by atoms with E-state index in [1.54, 1.807) is 41.4 Å². The summed E-state index contributed by atoms with van der Waals surface area (Å²) in [5.74, 6) is 0.466. The average molecular weight is 436 g/mol. The second-order valence-electron chi connectivity index (χ2n) is 7.33. The van der Waals surface area contributed by atoms with Crippen molar-refractivity contribution in [1.29, 1.82) is 0 Å². The van der Waals surface area contributed by atoms with E-state index in [-0.39, 0.29) is 17.7 Å². The summed E-state index contributed by atoms with van der Waals surface area (Å²) in [6.45, 7) is 2.85. The normalized spacial score (nSPS) is 12.5. The first-order valence-corrected chi connectivity index (χ1v) is 10.5. The van der Waals surface area contributed by atoms with Crippen LogP contribution >= 0.6 is 11.6 Å². The molecule has 6 nitrogen and oxygen atoms in total. The van der Waals surface area contributed by atoms with Gasteiger partial charge in [0.2, 0.25) is 11.8 Å². The summed E-state index contributed by atoms with van der Waals surface area (Å²) in [5, 5.41) is 3.44. The first-order chi connectivity index (χ1) is 15.0. The lowest BCUT2D eigenvalue weighted by Crippen LogP contribution is -2.32. The molecule has 1 N–H and O–H groups in total. The van der Waals surface area contributed by atoms with Crippen molar-refractivity contribution in [2.75, 3.05) is 11.4 Å². The van der Waals surface area contributed by atoms with E-state index in [4.69, 9.17) is 16.3 Å². The Kier molecular flexibility index (Phi) is 6.18. The highest BCUT2D eigenvalue weighted by molar-refractivity contribution is 6.31. The van der Waals surface area contributed by atoms with Crippen molar-refractivity contribution in [2.24, 2.45) is 0 Å². The van der Waals surface area contributed by atoms with E-state index in [0.717, 1.165) is 11.1 Å². The van der Waals surface area contributed by atoms with Crippen LogP contribution in [0.5, 0.6) is 11.6 Å². The molecule has 0 spiro atoms. The average Bonchev–Trinajstić information content (AvgIpc) is 2.88. The van der Waals surface area contributed by atoms with Crippen LogP contribution < -0.4 is 15.0 Å². The molecule has 3 aromatic rings. The lowest BCUT2D eigenvalue weighted by Gasteiger charge is -2.22. The maximum Gasteiger partial charge on any atom is 0.263 e. The molecule has 0 bridgehead atoms. The number of fused-ring (bicyclic) bond motifs is 2. The van der Waals surface area contributed by atoms with Gasteiger partial charge in [0.25, 0.3) is 5.91 Å². The van der Waals surface area contributed by atoms with E-state index in [1.165, 1.54) is 0 Å². The number of carbonyl (C=O) groups excluding carboxylic acids is 2. The summed E-state index contributed by atoms with van der Waals surface area (Å²) >= 11 is 6.18. The SMILES string of the molecule is Cc1ccccc1CNC(=O)CCCN1C(=O)c2cccnc2Oc2ccc(Cl)cc21. The van der Waals surface area contributed by atoms with Crippen LogP contribution in [-0.4, -0.2) is 23.3 Å². The molecule has 2 amide bonds. The molecule has 31 heavy (non-hydrogen) atoms. The van der Waals surface area contributed by atoms with Gasteiger partial charge in [0.05, 0.1) is 5.69 Å². The fraction of sp³-hybridized carbons (Fsp3) is 0.208. The number of pyridine rings is 1. The van der Waals surface area contributed by atoms with Crippen LogP contribution in [-0.2, 0) is 11.3 Å². The molecule has 0 saturated heterocycles. The third-order valence-corrected chi connectivity index (χ3v) is 5.42. The van der Waals surface area contributed by atoms with Crippen LogP contribution in [0.2, 0.25) is 5.02 Å². The number of halogens is 1. The number of nitrogens with zero attached hydrogens (tertiary/aromatic N) is 2. The Bertz CT molecular complexity index is 1130. The lowest BCUT2D eigenvalue weighted by atomic mass is 10.1. The minimum absolute atomic E-state index is 0.0600. The Morgan fingerprint density at radius 3 is 2.84 bits per heavy atom. The predicted octanol–water partition coefficient (Wildman–Crippen LogP) is 4.89. The van der Waals surface area contributed by atoms with Gasteiger partial charge in [0.1, 0.15) is 5.56 Å². The molecule has 2 heterocycles. The van der Waals surface area contributed by atoms with Gasteiger partial charge < -0.3 is 15.0 Å². The van der Waals surface area contributed by atoms with Gasteiger partial charge in [-0.1, -0.05) is 35.9 Å². The smallest absolute Gasteiger partial charge is 0.263 e. The van der Waals surface area contributed by atoms with E-state index < -0.39 is 0 Å². The molecule has 0 unspecified atom stereocenters. The van der Waals surface area contributed by atoms with E-state index in [2.05, 4.69) is 10.3 Å². The third kappa shape index (κ3) is 4.70. The highest BCUT2D eigenvalue weighted by atomic mass is 35.5. The molecular weight excluding hydrogens is 414 g/mol. The zero-order valence-electron chi connectivity index (χ0n) is 17.1. The molecule has 0 saturated carbocycles. The van der Waals surface area contributed by atoms with Crippen molar-refractivity contribution >= 4 is 29.1 Å². The largest absolute Gasteiger partial charge is 0.436 e. The molecule has 1 aromatic heterocycles. The molecule has 4 rings (SSSR count). The van der Waals surface area contributed by atoms with Gasteiger partial charge in [-0.15, -0.1) is 0 Å². The summed E-state index contributed by atoms with van der Waals surface area (Å²) < 4.78 is 5.87. The lowest BCUT2D eigenvalue weighted by molar-refractivity contribution is -0.121. The van der Waals surface area contributed by atoms with Crippen LogP contribution in [0.15, 0.2) is 60.8 Å². The summed E-state index contributed by atoms with van der Waals surface area (Å²) in [6, 6.07) is 16.4. The number of benzene rings is 2. The van der Waals surface area contributed by atoms with Gasteiger partial charge in [0, 0.05) is 30.7 Å². The number of aryl methyl sites for hydroxylation is 1. The fourth-order valence-corrected chi connectivity index (χ4v) is 3.66. The highest BCUT2D eigenvalue weighted by Gasteiger charge is 2.29. The van der Waals surface area contributed by atoms with Gasteiger partial charge in [-0.2, -0.15) is 0 Å². The van der Waals surface area contributed by atoms with Crippen LogP contribution in [0.4, 0.5) is 5.69 Å². The van der Waals surface area contributed by atoms with Crippen molar-refractivity contribution < 1.29 is 14.3 Å². The van der Waals surface area contributed by atoms with E-state index in [0.29, 0.717) is 48.0 Å². The monoisotopic (exact) mass is 435 g/mol. The molecule has 0 atom stereocenters. The van der Waals surface area contributed by atoms with Gasteiger partial charge in [0.15, 0.2) is 5.75 Å². The standard InChI is InChI=1S/C24H22ClN3O3/c1-16-6-2-3-7-17(16)15-27-22(29)9-5-13-28-20-14-18(25)10-11-21(20)31-23-19(24(28)30)8-4-12-26-23/h2-4,6-8,10-12,14H,5,9,13,15H2,1H3,(H,27,29). The number of anilines is 1. The summed E-state index contributed by atoms with van der Waals surface area (Å²) in [7, 11) is 0. The second-order valence-corrected chi connectivity index (χ2v) is 7.77. The van der Waals surface area contributed by atoms with Crippen LogP contribution in [0.3, 0.4) is 0 Å². The molecule has 0 aliphatic carbocycles. The van der Waals surface area contributed by atoms with Gasteiger partial charge in [-0.3, -0.25) is 9.59 Å². The van der Waals surface area contributed by atoms with Crippen molar-refractivity contribution in [3.05, 3.63) is 82.5 Å². The molecule has 7 heteroatoms. The Labute approximate surface area is 185 Å². The van der Waals surface area contributed by atoms with E-state index in [9.17, 15) is 9.59 Å². The molecule has 1 aliphatic heterocycles. The first-order valence-electron chi connectivity index (χ1n) is 10.1. The van der Waals surface area contributed by atoms with Crippen molar-refractivity contribution in [3.63, 3.8) is 0 Å². The Morgan fingerprint density at radius 1 is 1.16 bits per heavy atom. The van der Waals surface area contributed by atoms with Gasteiger partial charge in [-0.25, -0.2) is 4.98 Å². The maximum absolute atomic E-state index is 13.2. The Hall–Kier alpha value is -3.38. The molecule has 0 radical (unpaired) electrons. The zero-order chi connectivity index (χ0) is 21.8. The summed E-state index contributed by atoms with van der Waals surface area (Å²) in [4.78, 5) is 31.3. The molecule has 0 fully saturated rings. The number of carbonyl (C=O) groups is 2. The topological polar surface area (TPSA) is 71.5 Å². The number of hydrogen-bond acceptors (Lipinski definition) is 4. The van der Waals surface area contributed by atoms with Crippen molar-refractivity contribution in [2.45, 2.75) is 26.3 Å². The molecule has 1 aliphatic rings.